The van der Waals surface area contributed by atoms with Crippen LogP contribution < -0.4 is 0 Å². The largest absolute Gasteiger partial charge is 0.490 e. The van der Waals surface area contributed by atoms with Gasteiger partial charge in [-0.3, -0.25) is 14.7 Å². The van der Waals surface area contributed by atoms with Gasteiger partial charge in [-0.15, -0.1) is 0 Å². The van der Waals surface area contributed by atoms with Crippen molar-refractivity contribution in [1.29, 1.82) is 0 Å². The van der Waals surface area contributed by atoms with E-state index < -0.39 is 24.3 Å². The molecule has 1 saturated carbocycles. The Morgan fingerprint density at radius 3 is 2.11 bits per heavy atom. The fraction of sp³-hybridized carbons (Fsp3) is 0.636. The predicted molar refractivity (Wildman–Crippen MR) is 116 cm³/mol. The Morgan fingerprint density at radius 1 is 1.08 bits per heavy atom. The van der Waals surface area contributed by atoms with E-state index >= 15 is 0 Å². The van der Waals surface area contributed by atoms with Crippen LogP contribution >= 0.6 is 0 Å². The molecule has 3 rings (SSSR count). The average molecular weight is 545 g/mol. The normalized spacial score (nSPS) is 21.2. The van der Waals surface area contributed by atoms with Crippen LogP contribution in [0.1, 0.15) is 24.8 Å². The van der Waals surface area contributed by atoms with Crippen LogP contribution in [0.4, 0.5) is 26.3 Å². The second kappa shape index (κ2) is 14.1. The Bertz CT molecular complexity index is 860. The van der Waals surface area contributed by atoms with Gasteiger partial charge in [0.2, 0.25) is 5.91 Å². The Hall–Kier alpha value is -2.94. The van der Waals surface area contributed by atoms with E-state index in [0.29, 0.717) is 17.9 Å². The van der Waals surface area contributed by atoms with Gasteiger partial charge in [0.05, 0.1) is 0 Å². The molecule has 1 unspecified atom stereocenters. The summed E-state index contributed by atoms with van der Waals surface area (Å²) < 4.78 is 68.5. The number of pyridine rings is 1. The lowest BCUT2D eigenvalue weighted by molar-refractivity contribution is -0.193. The van der Waals surface area contributed by atoms with Gasteiger partial charge in [0.15, 0.2) is 0 Å². The van der Waals surface area contributed by atoms with E-state index in [1.54, 1.807) is 7.11 Å². The molecular formula is C22H29F6N3O6. The van der Waals surface area contributed by atoms with E-state index in [1.807, 2.05) is 23.4 Å². The van der Waals surface area contributed by atoms with Crippen molar-refractivity contribution in [3.63, 3.8) is 0 Å². The van der Waals surface area contributed by atoms with Crippen LogP contribution in [-0.4, -0.2) is 95.1 Å². The molecule has 1 aromatic heterocycles. The zero-order valence-electron chi connectivity index (χ0n) is 20.1. The fourth-order valence-electron chi connectivity index (χ4n) is 4.30. The number of carboxylic acid groups (broad SMARTS) is 2. The molecule has 0 spiro atoms. The number of carbonyl (C=O) groups excluding carboxylic acids is 1. The molecule has 1 aliphatic heterocycles. The summed E-state index contributed by atoms with van der Waals surface area (Å²) in [5, 5.41) is 14.2. The SMILES string of the molecule is COCC(=O)N1C[C@H]2CCCC(N(C)Cc3cccnc3)[C@H]2C1.O=C(O)C(F)(F)F.O=C(O)C(F)(F)F. The van der Waals surface area contributed by atoms with Gasteiger partial charge in [-0.2, -0.15) is 26.3 Å². The first-order valence-corrected chi connectivity index (χ1v) is 11.0. The Balaban J connectivity index is 0.000000404. The van der Waals surface area contributed by atoms with Gasteiger partial charge >= 0.3 is 24.3 Å². The molecule has 210 valence electrons. The molecule has 2 heterocycles. The number of carboxylic acids is 2. The Morgan fingerprint density at radius 2 is 1.65 bits per heavy atom. The van der Waals surface area contributed by atoms with Gasteiger partial charge in [-0.1, -0.05) is 12.5 Å². The van der Waals surface area contributed by atoms with Crippen molar-refractivity contribution in [2.75, 3.05) is 33.9 Å². The number of ether oxygens (including phenoxy) is 1. The molecule has 37 heavy (non-hydrogen) atoms. The average Bonchev–Trinajstić information content (AvgIpc) is 3.24. The molecule has 2 N–H and O–H groups in total. The smallest absolute Gasteiger partial charge is 0.475 e. The second-order valence-corrected chi connectivity index (χ2v) is 8.54. The Labute approximate surface area is 209 Å². The maximum Gasteiger partial charge on any atom is 0.490 e. The molecular weight excluding hydrogens is 516 g/mol. The molecule has 1 aromatic rings. The zero-order valence-corrected chi connectivity index (χ0v) is 20.1. The second-order valence-electron chi connectivity index (χ2n) is 8.54. The van der Waals surface area contributed by atoms with Gasteiger partial charge in [-0.05, 0) is 43.4 Å². The van der Waals surface area contributed by atoms with E-state index in [9.17, 15) is 31.1 Å². The minimum Gasteiger partial charge on any atom is -0.475 e. The van der Waals surface area contributed by atoms with Gasteiger partial charge < -0.3 is 19.8 Å². The van der Waals surface area contributed by atoms with Crippen LogP contribution in [0.25, 0.3) is 0 Å². The predicted octanol–water partition coefficient (Wildman–Crippen LogP) is 3.05. The first-order valence-electron chi connectivity index (χ1n) is 11.0. The number of halogens is 6. The molecule has 0 radical (unpaired) electrons. The monoisotopic (exact) mass is 545 g/mol. The highest BCUT2D eigenvalue weighted by atomic mass is 19.4. The molecule has 0 bridgehead atoms. The molecule has 2 aliphatic rings. The number of nitrogens with zero attached hydrogens (tertiary/aromatic N) is 3. The Kier molecular flexibility index (Phi) is 12.2. The van der Waals surface area contributed by atoms with Crippen molar-refractivity contribution in [2.45, 2.75) is 44.2 Å². The van der Waals surface area contributed by atoms with Gasteiger partial charge in [0.1, 0.15) is 6.61 Å². The number of aromatic nitrogens is 1. The summed E-state index contributed by atoms with van der Waals surface area (Å²) in [6.07, 6.45) is -2.67. The lowest BCUT2D eigenvalue weighted by Gasteiger charge is -2.39. The first-order chi connectivity index (χ1) is 17.1. The highest BCUT2D eigenvalue weighted by Crippen LogP contribution is 2.38. The fourth-order valence-corrected chi connectivity index (χ4v) is 4.30. The standard InChI is InChI=1S/C18H27N3O2.2C2HF3O2/c1-20(10-14-5-4-8-19-9-14)17-7-3-6-15-11-21(12-16(15)17)18(22)13-23-2;2*3-2(4,5)1(6)7/h4-5,8-9,15-17H,3,6-7,10-13H2,1-2H3;2*(H,6,7)/t15-,16+,17?;;/m1../s1. The number of alkyl halides is 6. The summed E-state index contributed by atoms with van der Waals surface area (Å²) in [7, 11) is 3.80. The number of likely N-dealkylation sites (tertiary alicyclic amines) is 1. The van der Waals surface area contributed by atoms with E-state index in [-0.39, 0.29) is 12.5 Å². The number of fused-ring (bicyclic) bond motifs is 1. The molecule has 1 amide bonds. The maximum absolute atomic E-state index is 12.1. The quantitative estimate of drug-likeness (QED) is 0.542. The summed E-state index contributed by atoms with van der Waals surface area (Å²) in [6.45, 7) is 2.92. The van der Waals surface area contributed by atoms with Crippen molar-refractivity contribution in [1.82, 2.24) is 14.8 Å². The number of carbonyl (C=O) groups is 3. The van der Waals surface area contributed by atoms with E-state index in [2.05, 4.69) is 23.0 Å². The van der Waals surface area contributed by atoms with E-state index in [4.69, 9.17) is 24.5 Å². The summed E-state index contributed by atoms with van der Waals surface area (Å²) in [5.41, 5.74) is 1.25. The van der Waals surface area contributed by atoms with E-state index in [1.165, 1.54) is 24.8 Å². The number of aliphatic carboxylic acids is 2. The summed E-state index contributed by atoms with van der Waals surface area (Å²) >= 11 is 0. The third kappa shape index (κ3) is 10.9. The van der Waals surface area contributed by atoms with Gasteiger partial charge in [-0.25, -0.2) is 9.59 Å². The van der Waals surface area contributed by atoms with Crippen molar-refractivity contribution < 1.29 is 55.7 Å². The number of methoxy groups -OCH3 is 1. The molecule has 3 atom stereocenters. The van der Waals surface area contributed by atoms with Crippen molar-refractivity contribution in [3.8, 4) is 0 Å². The van der Waals surface area contributed by atoms with Crippen LogP contribution in [0, 0.1) is 11.8 Å². The molecule has 9 nitrogen and oxygen atoms in total. The minimum atomic E-state index is -5.08. The van der Waals surface area contributed by atoms with Crippen LogP contribution in [0.15, 0.2) is 24.5 Å². The van der Waals surface area contributed by atoms with E-state index in [0.717, 1.165) is 19.6 Å². The highest BCUT2D eigenvalue weighted by Gasteiger charge is 2.43. The molecule has 1 aliphatic carbocycles. The lowest BCUT2D eigenvalue weighted by atomic mass is 9.77. The van der Waals surface area contributed by atoms with Crippen LogP contribution in [-0.2, 0) is 25.7 Å². The zero-order chi connectivity index (χ0) is 28.4. The summed E-state index contributed by atoms with van der Waals surface area (Å²) in [5.74, 6) is -4.15. The lowest BCUT2D eigenvalue weighted by Crippen LogP contribution is -2.43. The summed E-state index contributed by atoms with van der Waals surface area (Å²) in [6, 6.07) is 4.68. The van der Waals surface area contributed by atoms with Crippen LogP contribution in [0.2, 0.25) is 0 Å². The highest BCUT2D eigenvalue weighted by molar-refractivity contribution is 5.77. The number of amides is 1. The summed E-state index contributed by atoms with van der Waals surface area (Å²) in [4.78, 5) is 38.6. The minimum absolute atomic E-state index is 0.135. The van der Waals surface area contributed by atoms with Crippen molar-refractivity contribution >= 4 is 17.8 Å². The van der Waals surface area contributed by atoms with Crippen LogP contribution in [0.3, 0.4) is 0 Å². The van der Waals surface area contributed by atoms with Crippen LogP contribution in [0.5, 0.6) is 0 Å². The topological polar surface area (TPSA) is 120 Å². The number of hydrogen-bond acceptors (Lipinski definition) is 6. The third-order valence-corrected chi connectivity index (χ3v) is 5.89. The molecule has 15 heteroatoms. The maximum atomic E-state index is 12.1. The molecule has 1 saturated heterocycles. The first kappa shape index (κ1) is 32.1. The molecule has 2 fully saturated rings. The van der Waals surface area contributed by atoms with Crippen molar-refractivity contribution in [3.05, 3.63) is 30.1 Å². The third-order valence-electron chi connectivity index (χ3n) is 5.89. The van der Waals surface area contributed by atoms with Gasteiger partial charge in [0.25, 0.3) is 0 Å². The van der Waals surface area contributed by atoms with Crippen molar-refractivity contribution in [2.24, 2.45) is 11.8 Å². The number of hydrogen-bond donors (Lipinski definition) is 2. The number of rotatable bonds is 5. The van der Waals surface area contributed by atoms with Gasteiger partial charge in [0, 0.05) is 45.2 Å². The molecule has 0 aromatic carbocycles.